The molecule has 32 heavy (non-hydrogen) atoms. The normalized spacial score (nSPS) is 10.0. The number of ether oxygens (including phenoxy) is 3. The van der Waals surface area contributed by atoms with Crippen molar-refractivity contribution in [1.29, 1.82) is 0 Å². The molecule has 0 bridgehead atoms. The van der Waals surface area contributed by atoms with Crippen LogP contribution in [0.4, 0.5) is 5.69 Å². The second-order valence-electron chi connectivity index (χ2n) is 7.01. The summed E-state index contributed by atoms with van der Waals surface area (Å²) in [5.41, 5.74) is 3.60. The Kier molecular flexibility index (Phi) is 7.24. The maximum Gasteiger partial charge on any atom is 0.270 e. The number of methoxy groups -OCH3 is 3. The van der Waals surface area contributed by atoms with Gasteiger partial charge in [-0.3, -0.25) is 9.89 Å². The Bertz CT molecular complexity index is 1120. The molecular weight excluding hydrogens is 408 g/mol. The van der Waals surface area contributed by atoms with Gasteiger partial charge in [-0.1, -0.05) is 11.8 Å². The summed E-state index contributed by atoms with van der Waals surface area (Å²) >= 11 is 0. The number of H-pyrrole nitrogens is 1. The minimum absolute atomic E-state index is 0.215. The zero-order valence-electron chi connectivity index (χ0n) is 18.8. The molecule has 0 atom stereocenters. The number of carbonyl (C=O) groups is 1. The fraction of sp³-hybridized carbons (Fsp3) is 0.250. The maximum absolute atomic E-state index is 12.4. The van der Waals surface area contributed by atoms with Crippen molar-refractivity contribution in [3.63, 3.8) is 0 Å². The van der Waals surface area contributed by atoms with Crippen LogP contribution >= 0.6 is 0 Å². The molecular formula is C24H26N4O4. The molecule has 0 saturated carbocycles. The number of amides is 1. The molecule has 2 aromatic carbocycles. The maximum atomic E-state index is 12.4. The second-order valence-corrected chi connectivity index (χ2v) is 7.01. The number of hydrogen-bond donors (Lipinski definition) is 2. The van der Waals surface area contributed by atoms with E-state index in [9.17, 15) is 4.79 Å². The van der Waals surface area contributed by atoms with E-state index in [1.807, 2.05) is 43.3 Å². The third-order valence-electron chi connectivity index (χ3n) is 4.74. The third kappa shape index (κ3) is 5.13. The predicted molar refractivity (Wildman–Crippen MR) is 124 cm³/mol. The number of carbonyl (C=O) groups excluding carboxylic acids is 1. The topological polar surface area (TPSA) is 88.7 Å². The minimum atomic E-state index is -0.298. The lowest BCUT2D eigenvalue weighted by Gasteiger charge is -2.13. The van der Waals surface area contributed by atoms with E-state index in [4.69, 9.17) is 14.2 Å². The van der Waals surface area contributed by atoms with Crippen LogP contribution in [-0.2, 0) is 0 Å². The summed E-state index contributed by atoms with van der Waals surface area (Å²) in [6, 6.07) is 13.1. The first-order valence-electron chi connectivity index (χ1n) is 9.87. The minimum Gasteiger partial charge on any atom is -0.493 e. The van der Waals surface area contributed by atoms with Crippen LogP contribution in [-0.4, -0.2) is 58.1 Å². The summed E-state index contributed by atoms with van der Waals surface area (Å²) in [7, 11) is 8.60. The zero-order valence-corrected chi connectivity index (χ0v) is 18.8. The summed E-state index contributed by atoms with van der Waals surface area (Å²) in [5.74, 6) is 7.19. The van der Waals surface area contributed by atoms with Crippen molar-refractivity contribution in [2.24, 2.45) is 0 Å². The van der Waals surface area contributed by atoms with Crippen molar-refractivity contribution in [3.05, 3.63) is 53.7 Å². The number of nitrogens with one attached hydrogen (secondary N) is 2. The number of nitrogens with zero attached hydrogens (tertiary/aromatic N) is 2. The van der Waals surface area contributed by atoms with Crippen LogP contribution in [0, 0.1) is 11.8 Å². The van der Waals surface area contributed by atoms with Gasteiger partial charge in [0.2, 0.25) is 5.75 Å². The van der Waals surface area contributed by atoms with Crippen LogP contribution in [0.5, 0.6) is 17.2 Å². The monoisotopic (exact) mass is 434 g/mol. The summed E-state index contributed by atoms with van der Waals surface area (Å²) in [5, 5.41) is 9.76. The molecule has 0 aliphatic carbocycles. The van der Waals surface area contributed by atoms with E-state index >= 15 is 0 Å². The largest absolute Gasteiger partial charge is 0.493 e. The molecule has 0 fully saturated rings. The van der Waals surface area contributed by atoms with Gasteiger partial charge in [0.1, 0.15) is 5.69 Å². The molecule has 166 valence electrons. The van der Waals surface area contributed by atoms with Gasteiger partial charge in [0.15, 0.2) is 11.5 Å². The Morgan fingerprint density at radius 2 is 1.69 bits per heavy atom. The van der Waals surface area contributed by atoms with Gasteiger partial charge < -0.3 is 24.4 Å². The van der Waals surface area contributed by atoms with Crippen molar-refractivity contribution in [1.82, 2.24) is 15.5 Å². The predicted octanol–water partition coefficient (Wildman–Crippen LogP) is 2.95. The fourth-order valence-corrected chi connectivity index (χ4v) is 3.02. The van der Waals surface area contributed by atoms with Gasteiger partial charge in [0.25, 0.3) is 5.91 Å². The lowest BCUT2D eigenvalue weighted by molar-refractivity contribution is 0.0953. The summed E-state index contributed by atoms with van der Waals surface area (Å²) in [6.45, 7) is 0.215. The SMILES string of the molecule is COc1cc(-c2cc(C(=O)NCC#Cc3ccc(N(C)C)cc3)[nH]n2)cc(OC)c1OC. The molecule has 3 rings (SSSR count). The Balaban J connectivity index is 1.66. The second kappa shape index (κ2) is 10.3. The van der Waals surface area contributed by atoms with Gasteiger partial charge in [-0.05, 0) is 42.5 Å². The van der Waals surface area contributed by atoms with E-state index in [2.05, 4.69) is 27.4 Å². The smallest absolute Gasteiger partial charge is 0.270 e. The number of aromatic nitrogens is 2. The molecule has 2 N–H and O–H groups in total. The molecule has 0 spiro atoms. The van der Waals surface area contributed by atoms with Gasteiger partial charge in [0.05, 0.1) is 33.6 Å². The Labute approximate surface area is 187 Å². The fourth-order valence-electron chi connectivity index (χ4n) is 3.02. The van der Waals surface area contributed by atoms with Crippen LogP contribution in [0.1, 0.15) is 16.1 Å². The van der Waals surface area contributed by atoms with Crippen LogP contribution in [0.2, 0.25) is 0 Å². The van der Waals surface area contributed by atoms with E-state index in [0.717, 1.165) is 16.8 Å². The van der Waals surface area contributed by atoms with Crippen LogP contribution in [0.3, 0.4) is 0 Å². The van der Waals surface area contributed by atoms with Crippen molar-refractivity contribution >= 4 is 11.6 Å². The van der Waals surface area contributed by atoms with Gasteiger partial charge in [-0.2, -0.15) is 5.10 Å². The number of rotatable bonds is 7. The van der Waals surface area contributed by atoms with Gasteiger partial charge in [-0.25, -0.2) is 0 Å². The van der Waals surface area contributed by atoms with Gasteiger partial charge in [-0.15, -0.1) is 0 Å². The quantitative estimate of drug-likeness (QED) is 0.556. The Morgan fingerprint density at radius 3 is 2.25 bits per heavy atom. The van der Waals surface area contributed by atoms with Crippen LogP contribution < -0.4 is 24.4 Å². The standard InChI is InChI=1S/C24H26N4O4/c1-28(2)18-10-8-16(9-11-18)7-6-12-25-24(29)20-15-19(26-27-20)17-13-21(30-3)23(32-5)22(14-17)31-4/h8-11,13-15H,12H2,1-5H3,(H,25,29)(H,26,27). The molecule has 0 saturated heterocycles. The van der Waals surface area contributed by atoms with E-state index in [0.29, 0.717) is 28.6 Å². The zero-order chi connectivity index (χ0) is 23.1. The molecule has 8 nitrogen and oxygen atoms in total. The highest BCUT2D eigenvalue weighted by molar-refractivity contribution is 5.93. The highest BCUT2D eigenvalue weighted by atomic mass is 16.5. The number of benzene rings is 2. The highest BCUT2D eigenvalue weighted by Gasteiger charge is 2.17. The molecule has 0 aliphatic rings. The summed E-state index contributed by atoms with van der Waals surface area (Å²) in [4.78, 5) is 14.5. The first-order valence-corrected chi connectivity index (χ1v) is 9.87. The van der Waals surface area contributed by atoms with E-state index < -0.39 is 0 Å². The molecule has 1 amide bonds. The molecule has 0 aliphatic heterocycles. The molecule has 0 radical (unpaired) electrons. The number of anilines is 1. The average molecular weight is 434 g/mol. The van der Waals surface area contributed by atoms with Crippen molar-refractivity contribution in [3.8, 4) is 40.3 Å². The Morgan fingerprint density at radius 1 is 1.03 bits per heavy atom. The lowest BCUT2D eigenvalue weighted by Crippen LogP contribution is -2.23. The van der Waals surface area contributed by atoms with Gasteiger partial charge >= 0.3 is 0 Å². The Hall–Kier alpha value is -4.12. The van der Waals surface area contributed by atoms with E-state index in [1.165, 1.54) is 0 Å². The summed E-state index contributed by atoms with van der Waals surface area (Å²) < 4.78 is 16.1. The third-order valence-corrected chi connectivity index (χ3v) is 4.74. The first kappa shape index (κ1) is 22.6. The molecule has 8 heteroatoms. The number of hydrogen-bond acceptors (Lipinski definition) is 6. The molecule has 0 unspecified atom stereocenters. The summed E-state index contributed by atoms with van der Waals surface area (Å²) in [6.07, 6.45) is 0. The van der Waals surface area contributed by atoms with E-state index in [1.54, 1.807) is 39.5 Å². The average Bonchev–Trinajstić information content (AvgIpc) is 3.31. The number of aromatic amines is 1. The van der Waals surface area contributed by atoms with Crippen LogP contribution in [0.25, 0.3) is 11.3 Å². The first-order chi connectivity index (χ1) is 15.5. The lowest BCUT2D eigenvalue weighted by atomic mass is 10.1. The van der Waals surface area contributed by atoms with Gasteiger partial charge in [0, 0.05) is 30.9 Å². The van der Waals surface area contributed by atoms with Crippen LogP contribution in [0.15, 0.2) is 42.5 Å². The highest BCUT2D eigenvalue weighted by Crippen LogP contribution is 2.40. The molecule has 1 heterocycles. The van der Waals surface area contributed by atoms with Crippen molar-refractivity contribution in [2.75, 3.05) is 46.9 Å². The van der Waals surface area contributed by atoms with E-state index in [-0.39, 0.29) is 12.5 Å². The van der Waals surface area contributed by atoms with Crippen molar-refractivity contribution < 1.29 is 19.0 Å². The molecule has 3 aromatic rings. The molecule has 1 aromatic heterocycles. The van der Waals surface area contributed by atoms with Crippen molar-refractivity contribution in [2.45, 2.75) is 0 Å².